The maximum Gasteiger partial charge on any atom is 0.298 e. The van der Waals surface area contributed by atoms with Crippen LogP contribution in [0.2, 0.25) is 0 Å². The van der Waals surface area contributed by atoms with E-state index in [0.717, 1.165) is 36.9 Å². The van der Waals surface area contributed by atoms with E-state index in [2.05, 4.69) is 15.0 Å². The van der Waals surface area contributed by atoms with E-state index in [-0.39, 0.29) is 10.6 Å². The van der Waals surface area contributed by atoms with E-state index in [4.69, 9.17) is 0 Å². The molecule has 0 fully saturated rings. The van der Waals surface area contributed by atoms with Crippen molar-refractivity contribution in [3.63, 3.8) is 0 Å². The molecule has 3 rings (SSSR count). The molecule has 1 N–H and O–H groups in total. The summed E-state index contributed by atoms with van der Waals surface area (Å²) in [5, 5.41) is 11.1. The minimum Gasteiger partial charge on any atom is -0.344 e. The summed E-state index contributed by atoms with van der Waals surface area (Å²) in [6.45, 7) is 0. The number of hydrogen-bond donors (Lipinski definition) is 1. The Kier molecular flexibility index (Phi) is 2.55. The largest absolute Gasteiger partial charge is 0.344 e. The molecule has 0 aliphatic heterocycles. The van der Waals surface area contributed by atoms with Crippen molar-refractivity contribution >= 4 is 5.69 Å². The number of pyridine rings is 1. The van der Waals surface area contributed by atoms with Gasteiger partial charge in [-0.05, 0) is 31.2 Å². The van der Waals surface area contributed by atoms with E-state index in [9.17, 15) is 10.1 Å². The first-order valence-corrected chi connectivity index (χ1v) is 5.92. The van der Waals surface area contributed by atoms with Crippen LogP contribution in [0.4, 0.5) is 5.69 Å². The zero-order valence-electron chi connectivity index (χ0n) is 9.72. The highest BCUT2D eigenvalue weighted by atomic mass is 16.6. The molecule has 18 heavy (non-hydrogen) atoms. The first-order chi connectivity index (χ1) is 8.77. The quantitative estimate of drug-likeness (QED) is 0.648. The Hall–Kier alpha value is -2.24. The number of hydrogen-bond acceptors (Lipinski definition) is 4. The van der Waals surface area contributed by atoms with Crippen LogP contribution in [-0.2, 0) is 12.8 Å². The van der Waals surface area contributed by atoms with Crippen LogP contribution in [0.1, 0.15) is 24.1 Å². The summed E-state index contributed by atoms with van der Waals surface area (Å²) in [6.07, 6.45) is 8.49. The number of fused-ring (bicyclic) bond motifs is 1. The van der Waals surface area contributed by atoms with Crippen molar-refractivity contribution in [3.8, 4) is 11.4 Å². The number of rotatable bonds is 2. The maximum atomic E-state index is 11.1. The fourth-order valence-electron chi connectivity index (χ4n) is 2.46. The molecular formula is C12H12N4O2. The Morgan fingerprint density at radius 2 is 2.11 bits per heavy atom. The summed E-state index contributed by atoms with van der Waals surface area (Å²) in [6, 6.07) is 0. The minimum absolute atomic E-state index is 0.0330. The van der Waals surface area contributed by atoms with Gasteiger partial charge in [0.2, 0.25) is 0 Å². The van der Waals surface area contributed by atoms with E-state index in [1.807, 2.05) is 0 Å². The fraction of sp³-hybridized carbons (Fsp3) is 0.333. The molecule has 92 valence electrons. The van der Waals surface area contributed by atoms with Crippen molar-refractivity contribution in [3.05, 3.63) is 40.0 Å². The topological polar surface area (TPSA) is 84.7 Å². The van der Waals surface area contributed by atoms with Crippen molar-refractivity contribution in [1.29, 1.82) is 0 Å². The Bertz CT molecular complexity index is 592. The number of aryl methyl sites for hydroxylation is 1. The van der Waals surface area contributed by atoms with Crippen molar-refractivity contribution in [2.24, 2.45) is 0 Å². The second-order valence-electron chi connectivity index (χ2n) is 4.35. The van der Waals surface area contributed by atoms with E-state index in [1.165, 1.54) is 6.20 Å². The SMILES string of the molecule is O=[N+]([O-])c1cnc2c(c1-c1ncc[nH]1)CCCC2. The van der Waals surface area contributed by atoms with Gasteiger partial charge in [0.05, 0.1) is 4.92 Å². The highest BCUT2D eigenvalue weighted by Gasteiger charge is 2.26. The van der Waals surface area contributed by atoms with Crippen LogP contribution in [0.3, 0.4) is 0 Å². The molecule has 0 saturated carbocycles. The molecule has 6 nitrogen and oxygen atoms in total. The first kappa shape index (κ1) is 10.9. The van der Waals surface area contributed by atoms with Crippen LogP contribution < -0.4 is 0 Å². The standard InChI is InChI=1S/C12H12N4O2/c17-16(18)10-7-15-9-4-2-1-3-8(9)11(10)12-13-5-6-14-12/h5-7H,1-4H2,(H,13,14). The third kappa shape index (κ3) is 1.66. The molecule has 2 aromatic rings. The molecule has 2 aromatic heterocycles. The number of aromatic amines is 1. The second kappa shape index (κ2) is 4.21. The fourth-order valence-corrected chi connectivity index (χ4v) is 2.46. The molecule has 0 amide bonds. The van der Waals surface area contributed by atoms with Crippen LogP contribution in [0.25, 0.3) is 11.4 Å². The van der Waals surface area contributed by atoms with Gasteiger partial charge in [-0.25, -0.2) is 4.98 Å². The lowest BCUT2D eigenvalue weighted by molar-refractivity contribution is -0.384. The molecule has 0 bridgehead atoms. The Labute approximate surface area is 103 Å². The maximum absolute atomic E-state index is 11.1. The Balaban J connectivity index is 2.27. The summed E-state index contributed by atoms with van der Waals surface area (Å²) < 4.78 is 0. The lowest BCUT2D eigenvalue weighted by Gasteiger charge is -2.17. The summed E-state index contributed by atoms with van der Waals surface area (Å²) in [7, 11) is 0. The van der Waals surface area contributed by atoms with Gasteiger partial charge in [0.25, 0.3) is 5.69 Å². The highest BCUT2D eigenvalue weighted by molar-refractivity contribution is 5.72. The predicted molar refractivity (Wildman–Crippen MR) is 65.1 cm³/mol. The molecule has 1 aliphatic carbocycles. The third-order valence-corrected chi connectivity index (χ3v) is 3.27. The number of nitro groups is 1. The number of H-pyrrole nitrogens is 1. The first-order valence-electron chi connectivity index (χ1n) is 5.92. The van der Waals surface area contributed by atoms with E-state index < -0.39 is 0 Å². The van der Waals surface area contributed by atoms with E-state index in [1.54, 1.807) is 12.4 Å². The van der Waals surface area contributed by atoms with Gasteiger partial charge in [-0.3, -0.25) is 15.1 Å². The van der Waals surface area contributed by atoms with Gasteiger partial charge in [0, 0.05) is 18.1 Å². The van der Waals surface area contributed by atoms with Crippen LogP contribution >= 0.6 is 0 Å². The van der Waals surface area contributed by atoms with Crippen LogP contribution in [0.5, 0.6) is 0 Å². The highest BCUT2D eigenvalue weighted by Crippen LogP contribution is 2.35. The number of nitrogens with zero attached hydrogens (tertiary/aromatic N) is 3. The van der Waals surface area contributed by atoms with Gasteiger partial charge in [-0.2, -0.15) is 0 Å². The molecule has 6 heteroatoms. The number of aromatic nitrogens is 3. The van der Waals surface area contributed by atoms with Crippen molar-refractivity contribution in [1.82, 2.24) is 15.0 Å². The lowest BCUT2D eigenvalue weighted by atomic mass is 9.91. The molecule has 0 saturated heterocycles. The minimum atomic E-state index is -0.389. The van der Waals surface area contributed by atoms with Gasteiger partial charge in [-0.1, -0.05) is 0 Å². The molecule has 0 spiro atoms. The van der Waals surface area contributed by atoms with E-state index in [0.29, 0.717) is 11.4 Å². The molecular weight excluding hydrogens is 232 g/mol. The normalized spacial score (nSPS) is 14.2. The summed E-state index contributed by atoms with van der Waals surface area (Å²) in [5.74, 6) is 0.558. The van der Waals surface area contributed by atoms with Gasteiger partial charge in [0.1, 0.15) is 17.6 Å². The number of imidazole rings is 1. The molecule has 1 aliphatic rings. The predicted octanol–water partition coefficient (Wildman–Crippen LogP) is 2.26. The molecule has 0 aromatic carbocycles. The van der Waals surface area contributed by atoms with Gasteiger partial charge in [-0.15, -0.1) is 0 Å². The summed E-state index contributed by atoms with van der Waals surface area (Å²) in [4.78, 5) is 22.1. The Morgan fingerprint density at radius 1 is 1.28 bits per heavy atom. The van der Waals surface area contributed by atoms with Crippen molar-refractivity contribution < 1.29 is 4.92 Å². The average Bonchev–Trinajstić information content (AvgIpc) is 2.90. The van der Waals surface area contributed by atoms with Gasteiger partial charge < -0.3 is 4.98 Å². The van der Waals surface area contributed by atoms with Crippen molar-refractivity contribution in [2.75, 3.05) is 0 Å². The molecule has 0 atom stereocenters. The van der Waals surface area contributed by atoms with Gasteiger partial charge >= 0.3 is 0 Å². The molecule has 0 radical (unpaired) electrons. The average molecular weight is 244 g/mol. The summed E-state index contributed by atoms with van der Waals surface area (Å²) in [5.41, 5.74) is 2.59. The summed E-state index contributed by atoms with van der Waals surface area (Å²) >= 11 is 0. The van der Waals surface area contributed by atoms with Gasteiger partial charge in [0.15, 0.2) is 0 Å². The second-order valence-corrected chi connectivity index (χ2v) is 4.35. The van der Waals surface area contributed by atoms with Crippen LogP contribution in [0.15, 0.2) is 18.6 Å². The Morgan fingerprint density at radius 3 is 2.83 bits per heavy atom. The number of nitrogens with one attached hydrogen (secondary N) is 1. The lowest BCUT2D eigenvalue weighted by Crippen LogP contribution is -2.09. The molecule has 0 unspecified atom stereocenters. The zero-order chi connectivity index (χ0) is 12.5. The molecule has 2 heterocycles. The zero-order valence-corrected chi connectivity index (χ0v) is 9.72. The van der Waals surface area contributed by atoms with Crippen molar-refractivity contribution in [2.45, 2.75) is 25.7 Å². The monoisotopic (exact) mass is 244 g/mol. The van der Waals surface area contributed by atoms with E-state index >= 15 is 0 Å². The van der Waals surface area contributed by atoms with Crippen LogP contribution in [-0.4, -0.2) is 19.9 Å². The smallest absolute Gasteiger partial charge is 0.298 e. The third-order valence-electron chi connectivity index (χ3n) is 3.27. The van der Waals surface area contributed by atoms with Crippen LogP contribution in [0, 0.1) is 10.1 Å².